The molecule has 5 nitrogen and oxygen atoms in total. The van der Waals surface area contributed by atoms with Crippen molar-refractivity contribution in [1.82, 2.24) is 4.98 Å². The van der Waals surface area contributed by atoms with Crippen molar-refractivity contribution in [3.05, 3.63) is 89.7 Å². The van der Waals surface area contributed by atoms with E-state index in [1.165, 1.54) is 12.1 Å². The van der Waals surface area contributed by atoms with E-state index in [4.69, 9.17) is 10.5 Å². The van der Waals surface area contributed by atoms with E-state index in [1.54, 1.807) is 59.6 Å². The summed E-state index contributed by atoms with van der Waals surface area (Å²) in [6.07, 6.45) is 3.24. The van der Waals surface area contributed by atoms with Crippen LogP contribution in [0.1, 0.15) is 11.3 Å². The van der Waals surface area contributed by atoms with E-state index in [9.17, 15) is 9.18 Å². The Bertz CT molecular complexity index is 1020. The lowest BCUT2D eigenvalue weighted by Crippen LogP contribution is -2.37. The molecule has 0 aliphatic carbocycles. The Morgan fingerprint density at radius 1 is 1.11 bits per heavy atom. The predicted octanol–water partition coefficient (Wildman–Crippen LogP) is 3.77. The molecule has 1 aliphatic heterocycles. The van der Waals surface area contributed by atoms with E-state index in [1.807, 2.05) is 6.07 Å². The maximum atomic E-state index is 13.2. The van der Waals surface area contributed by atoms with Crippen LogP contribution in [-0.2, 0) is 11.3 Å². The van der Waals surface area contributed by atoms with Gasteiger partial charge in [-0.05, 0) is 48.0 Å². The lowest BCUT2D eigenvalue weighted by molar-refractivity contribution is -0.117. The van der Waals surface area contributed by atoms with Crippen LogP contribution in [0.25, 0.3) is 6.08 Å². The summed E-state index contributed by atoms with van der Waals surface area (Å²) in [5, 5.41) is 0. The second-order valence-corrected chi connectivity index (χ2v) is 6.11. The van der Waals surface area contributed by atoms with Gasteiger partial charge in [-0.25, -0.2) is 4.39 Å². The number of benzene rings is 2. The average Bonchev–Trinajstić information content (AvgIpc) is 2.68. The molecule has 6 heteroatoms. The van der Waals surface area contributed by atoms with Gasteiger partial charge in [-0.15, -0.1) is 0 Å². The van der Waals surface area contributed by atoms with Gasteiger partial charge in [-0.3, -0.25) is 14.7 Å². The lowest BCUT2D eigenvalue weighted by Gasteiger charge is -2.30. The minimum absolute atomic E-state index is 0.160. The summed E-state index contributed by atoms with van der Waals surface area (Å²) in [5.41, 5.74) is 8.39. The molecule has 1 amide bonds. The first kappa shape index (κ1) is 16.8. The number of amides is 1. The van der Waals surface area contributed by atoms with E-state index in [-0.39, 0.29) is 24.0 Å². The summed E-state index contributed by atoms with van der Waals surface area (Å²) in [6.45, 7) is 0.262. The zero-order valence-electron chi connectivity index (χ0n) is 14.3. The Morgan fingerprint density at radius 2 is 1.93 bits per heavy atom. The number of carbonyl (C=O) groups is 1. The van der Waals surface area contributed by atoms with Gasteiger partial charge in [0.2, 0.25) is 0 Å². The summed E-state index contributed by atoms with van der Waals surface area (Å²) in [4.78, 5) is 18.8. The molecule has 0 spiro atoms. The molecule has 1 aromatic heterocycles. The summed E-state index contributed by atoms with van der Waals surface area (Å²) in [6, 6.07) is 16.6. The Balaban J connectivity index is 1.75. The lowest BCUT2D eigenvalue weighted by atomic mass is 10.1. The molecular formula is C21H16FN3O2. The van der Waals surface area contributed by atoms with E-state index in [0.29, 0.717) is 22.8 Å². The van der Waals surface area contributed by atoms with Gasteiger partial charge in [0, 0.05) is 18.0 Å². The van der Waals surface area contributed by atoms with Crippen molar-refractivity contribution >= 4 is 23.4 Å². The third-order valence-corrected chi connectivity index (χ3v) is 4.17. The van der Waals surface area contributed by atoms with Crippen molar-refractivity contribution in [2.24, 2.45) is 0 Å². The fraction of sp³-hybridized carbons (Fsp3) is 0.0476. The highest BCUT2D eigenvalue weighted by Crippen LogP contribution is 2.38. The molecule has 0 atom stereocenters. The van der Waals surface area contributed by atoms with Gasteiger partial charge in [0.25, 0.3) is 5.91 Å². The molecule has 4 rings (SSSR count). The summed E-state index contributed by atoms with van der Waals surface area (Å²) in [5.74, 6) is 0.0386. The van der Waals surface area contributed by atoms with E-state index in [0.717, 1.165) is 5.56 Å². The van der Waals surface area contributed by atoms with Crippen LogP contribution < -0.4 is 15.4 Å². The molecule has 0 bridgehead atoms. The monoisotopic (exact) mass is 361 g/mol. The molecule has 27 heavy (non-hydrogen) atoms. The van der Waals surface area contributed by atoms with Crippen molar-refractivity contribution < 1.29 is 13.9 Å². The van der Waals surface area contributed by atoms with Gasteiger partial charge >= 0.3 is 0 Å². The summed E-state index contributed by atoms with van der Waals surface area (Å²) in [7, 11) is 0. The van der Waals surface area contributed by atoms with Gasteiger partial charge in [-0.2, -0.15) is 0 Å². The van der Waals surface area contributed by atoms with Crippen molar-refractivity contribution in [2.75, 3.05) is 10.6 Å². The second-order valence-electron chi connectivity index (χ2n) is 6.11. The van der Waals surface area contributed by atoms with Crippen LogP contribution in [0.4, 0.5) is 15.8 Å². The molecular weight excluding hydrogens is 345 g/mol. The number of hydrogen-bond donors (Lipinski definition) is 1. The number of carbonyl (C=O) groups excluding carboxylic acids is 1. The fourth-order valence-corrected chi connectivity index (χ4v) is 2.85. The number of pyridine rings is 1. The van der Waals surface area contributed by atoms with Crippen LogP contribution in [-0.4, -0.2) is 10.9 Å². The molecule has 1 aliphatic rings. The summed E-state index contributed by atoms with van der Waals surface area (Å²) < 4.78 is 19.0. The van der Waals surface area contributed by atoms with Crippen LogP contribution in [0.15, 0.2) is 72.6 Å². The number of nitrogens with zero attached hydrogens (tertiary/aromatic N) is 2. The van der Waals surface area contributed by atoms with E-state index in [2.05, 4.69) is 4.98 Å². The maximum absolute atomic E-state index is 13.2. The average molecular weight is 361 g/mol. The van der Waals surface area contributed by atoms with Crippen molar-refractivity contribution in [3.8, 4) is 5.75 Å². The standard InChI is InChI=1S/C21H16FN3O2/c22-15-6-4-14(5-7-15)13-25-18-11-16(23)8-9-19(18)27-20(21(25)26)12-17-3-1-2-10-24-17/h1-12H,13,23H2. The van der Waals surface area contributed by atoms with Gasteiger partial charge in [-0.1, -0.05) is 18.2 Å². The first-order valence-corrected chi connectivity index (χ1v) is 8.36. The molecule has 0 fully saturated rings. The molecule has 0 radical (unpaired) electrons. The third-order valence-electron chi connectivity index (χ3n) is 4.17. The van der Waals surface area contributed by atoms with Crippen LogP contribution >= 0.6 is 0 Å². The molecule has 2 aromatic carbocycles. The van der Waals surface area contributed by atoms with Crippen LogP contribution in [0, 0.1) is 5.82 Å². The number of fused-ring (bicyclic) bond motifs is 1. The number of hydrogen-bond acceptors (Lipinski definition) is 4. The first-order chi connectivity index (χ1) is 13.1. The molecule has 134 valence electrons. The van der Waals surface area contributed by atoms with Crippen LogP contribution in [0.5, 0.6) is 5.75 Å². The second kappa shape index (κ2) is 6.92. The fourth-order valence-electron chi connectivity index (χ4n) is 2.85. The van der Waals surface area contributed by atoms with Gasteiger partial charge in [0.05, 0.1) is 17.9 Å². The number of nitrogen functional groups attached to an aromatic ring is 1. The Labute approximate surface area is 155 Å². The smallest absolute Gasteiger partial charge is 0.294 e. The zero-order valence-corrected chi connectivity index (χ0v) is 14.3. The third kappa shape index (κ3) is 3.50. The molecule has 2 N–H and O–H groups in total. The van der Waals surface area contributed by atoms with Crippen molar-refractivity contribution in [2.45, 2.75) is 6.54 Å². The number of aromatic nitrogens is 1. The molecule has 0 saturated carbocycles. The Kier molecular flexibility index (Phi) is 4.30. The number of nitrogens with two attached hydrogens (primary N) is 1. The number of anilines is 2. The number of rotatable bonds is 3. The highest BCUT2D eigenvalue weighted by atomic mass is 19.1. The molecule has 2 heterocycles. The van der Waals surface area contributed by atoms with Gasteiger partial charge < -0.3 is 10.5 Å². The Morgan fingerprint density at radius 3 is 2.67 bits per heavy atom. The normalized spacial score (nSPS) is 14.8. The number of ether oxygens (including phenoxy) is 1. The van der Waals surface area contributed by atoms with E-state index < -0.39 is 0 Å². The minimum Gasteiger partial charge on any atom is -0.449 e. The predicted molar refractivity (Wildman–Crippen MR) is 101 cm³/mol. The number of halogens is 1. The maximum Gasteiger partial charge on any atom is 0.294 e. The highest BCUT2D eigenvalue weighted by molar-refractivity contribution is 6.09. The quantitative estimate of drug-likeness (QED) is 0.570. The topological polar surface area (TPSA) is 68.5 Å². The molecule has 3 aromatic rings. The molecule has 0 saturated heterocycles. The van der Waals surface area contributed by atoms with Gasteiger partial charge in [0.1, 0.15) is 5.82 Å². The Hall–Kier alpha value is -3.67. The van der Waals surface area contributed by atoms with Gasteiger partial charge in [0.15, 0.2) is 11.5 Å². The van der Waals surface area contributed by atoms with Crippen molar-refractivity contribution in [3.63, 3.8) is 0 Å². The summed E-state index contributed by atoms with van der Waals surface area (Å²) >= 11 is 0. The zero-order chi connectivity index (χ0) is 18.8. The van der Waals surface area contributed by atoms with Crippen LogP contribution in [0.2, 0.25) is 0 Å². The van der Waals surface area contributed by atoms with Crippen LogP contribution in [0.3, 0.4) is 0 Å². The minimum atomic E-state index is -0.326. The highest BCUT2D eigenvalue weighted by Gasteiger charge is 2.30. The SMILES string of the molecule is Nc1ccc2c(c1)N(Cc1ccc(F)cc1)C(=O)C(=Cc1ccccn1)O2. The molecule has 0 unspecified atom stereocenters. The van der Waals surface area contributed by atoms with Crippen molar-refractivity contribution in [1.29, 1.82) is 0 Å². The first-order valence-electron chi connectivity index (χ1n) is 8.36. The van der Waals surface area contributed by atoms with E-state index >= 15 is 0 Å². The largest absolute Gasteiger partial charge is 0.449 e.